The molecule has 0 unspecified atom stereocenters. The maximum atomic E-state index is 13.3. The Morgan fingerprint density at radius 3 is 2.75 bits per heavy atom. The molecular weight excluding hydrogens is 229 g/mol. The van der Waals surface area contributed by atoms with Gasteiger partial charge in [0, 0.05) is 6.20 Å². The summed E-state index contributed by atoms with van der Waals surface area (Å²) in [4.78, 5) is 3.98. The van der Waals surface area contributed by atoms with E-state index in [0.29, 0.717) is 22.2 Å². The van der Waals surface area contributed by atoms with Gasteiger partial charge in [-0.05, 0) is 18.2 Å². The fourth-order valence-electron chi connectivity index (χ4n) is 1.25. The number of anilines is 3. The van der Waals surface area contributed by atoms with Crippen molar-refractivity contribution in [3.05, 3.63) is 47.4 Å². The highest BCUT2D eigenvalue weighted by Crippen LogP contribution is 2.24. The van der Waals surface area contributed by atoms with E-state index in [9.17, 15) is 4.39 Å². The van der Waals surface area contributed by atoms with E-state index in [-0.39, 0.29) is 5.82 Å². The second kappa shape index (κ2) is 4.37. The summed E-state index contributed by atoms with van der Waals surface area (Å²) >= 11 is 5.71. The second-order valence-corrected chi connectivity index (χ2v) is 3.63. The average molecular weight is 238 g/mol. The first-order chi connectivity index (χ1) is 7.66. The van der Waals surface area contributed by atoms with Crippen LogP contribution in [-0.4, -0.2) is 4.98 Å². The minimum absolute atomic E-state index is 0.323. The highest BCUT2D eigenvalue weighted by molar-refractivity contribution is 6.30. The van der Waals surface area contributed by atoms with Gasteiger partial charge in [0.1, 0.15) is 5.82 Å². The van der Waals surface area contributed by atoms with E-state index in [2.05, 4.69) is 10.3 Å². The number of hydrogen-bond acceptors (Lipinski definition) is 3. The molecule has 3 nitrogen and oxygen atoms in total. The molecule has 16 heavy (non-hydrogen) atoms. The molecule has 0 amide bonds. The van der Waals surface area contributed by atoms with Crippen LogP contribution < -0.4 is 11.1 Å². The molecule has 0 spiro atoms. The van der Waals surface area contributed by atoms with Gasteiger partial charge in [-0.1, -0.05) is 23.7 Å². The number of halogens is 2. The van der Waals surface area contributed by atoms with Crippen LogP contribution in [0.5, 0.6) is 0 Å². The zero-order valence-electron chi connectivity index (χ0n) is 8.24. The van der Waals surface area contributed by atoms with Crippen molar-refractivity contribution in [1.82, 2.24) is 4.98 Å². The van der Waals surface area contributed by atoms with Crippen molar-refractivity contribution in [3.8, 4) is 0 Å². The van der Waals surface area contributed by atoms with Gasteiger partial charge >= 0.3 is 0 Å². The summed E-state index contributed by atoms with van der Waals surface area (Å²) in [5.41, 5.74) is 6.38. The van der Waals surface area contributed by atoms with E-state index in [1.165, 1.54) is 12.3 Å². The Hall–Kier alpha value is -1.81. The largest absolute Gasteiger partial charge is 0.396 e. The number of para-hydroxylation sites is 1. The van der Waals surface area contributed by atoms with Crippen LogP contribution in [0.1, 0.15) is 0 Å². The monoisotopic (exact) mass is 237 g/mol. The number of pyridine rings is 1. The summed E-state index contributed by atoms with van der Waals surface area (Å²) < 4.78 is 13.3. The second-order valence-electron chi connectivity index (χ2n) is 3.20. The Morgan fingerprint density at radius 2 is 2.06 bits per heavy atom. The molecule has 1 aromatic heterocycles. The van der Waals surface area contributed by atoms with Gasteiger partial charge in [0.2, 0.25) is 0 Å². The summed E-state index contributed by atoms with van der Waals surface area (Å²) in [6.07, 6.45) is 1.45. The third kappa shape index (κ3) is 2.23. The van der Waals surface area contributed by atoms with Crippen molar-refractivity contribution in [1.29, 1.82) is 0 Å². The quantitative estimate of drug-likeness (QED) is 0.843. The lowest BCUT2D eigenvalue weighted by molar-refractivity contribution is 0.632. The molecule has 1 heterocycles. The van der Waals surface area contributed by atoms with Crippen molar-refractivity contribution in [2.75, 3.05) is 11.1 Å². The Labute approximate surface area is 97.1 Å². The molecule has 0 saturated heterocycles. The van der Waals surface area contributed by atoms with Crippen LogP contribution in [0.25, 0.3) is 0 Å². The minimum Gasteiger partial charge on any atom is -0.396 e. The summed E-state index contributed by atoms with van der Waals surface area (Å²) in [5.74, 6) is 0.0214. The fourth-order valence-corrected chi connectivity index (χ4v) is 1.42. The average Bonchev–Trinajstić information content (AvgIpc) is 2.25. The van der Waals surface area contributed by atoms with Crippen LogP contribution in [0.15, 0.2) is 36.5 Å². The van der Waals surface area contributed by atoms with E-state index >= 15 is 0 Å². The van der Waals surface area contributed by atoms with E-state index in [1.54, 1.807) is 24.3 Å². The first-order valence-electron chi connectivity index (χ1n) is 4.59. The van der Waals surface area contributed by atoms with Gasteiger partial charge in [0.15, 0.2) is 5.82 Å². The number of benzene rings is 1. The van der Waals surface area contributed by atoms with E-state index in [1.807, 2.05) is 0 Å². The van der Waals surface area contributed by atoms with Crippen LogP contribution in [0.3, 0.4) is 0 Å². The van der Waals surface area contributed by atoms with E-state index < -0.39 is 0 Å². The Kier molecular flexibility index (Phi) is 2.92. The van der Waals surface area contributed by atoms with Gasteiger partial charge in [-0.15, -0.1) is 0 Å². The number of nitrogens with zero attached hydrogens (tertiary/aromatic N) is 1. The van der Waals surface area contributed by atoms with Crippen LogP contribution in [-0.2, 0) is 0 Å². The van der Waals surface area contributed by atoms with Crippen molar-refractivity contribution < 1.29 is 4.39 Å². The number of rotatable bonds is 2. The van der Waals surface area contributed by atoms with Crippen LogP contribution >= 0.6 is 11.6 Å². The standard InChI is InChI=1S/C11H9ClFN3/c12-7-5-9(14)11(15-6-7)16-10-4-2-1-3-8(10)13/h1-6H,14H2,(H,15,16). The maximum Gasteiger partial charge on any atom is 0.153 e. The molecule has 0 bridgehead atoms. The molecule has 0 atom stereocenters. The third-order valence-electron chi connectivity index (χ3n) is 2.01. The zero-order chi connectivity index (χ0) is 11.5. The van der Waals surface area contributed by atoms with Crippen LogP contribution in [0, 0.1) is 5.82 Å². The molecule has 0 aliphatic heterocycles. The topological polar surface area (TPSA) is 50.9 Å². The molecule has 1 aromatic carbocycles. The van der Waals surface area contributed by atoms with Crippen molar-refractivity contribution in [3.63, 3.8) is 0 Å². The number of nitrogens with one attached hydrogen (secondary N) is 1. The third-order valence-corrected chi connectivity index (χ3v) is 2.22. The zero-order valence-corrected chi connectivity index (χ0v) is 9.00. The SMILES string of the molecule is Nc1cc(Cl)cnc1Nc1ccccc1F. The van der Waals surface area contributed by atoms with Gasteiger partial charge in [0.05, 0.1) is 16.4 Å². The Morgan fingerprint density at radius 1 is 1.31 bits per heavy atom. The molecule has 0 aliphatic carbocycles. The first kappa shape index (κ1) is 10.7. The summed E-state index contributed by atoms with van der Waals surface area (Å²) in [6, 6.07) is 7.84. The highest BCUT2D eigenvalue weighted by Gasteiger charge is 2.05. The van der Waals surface area contributed by atoms with Crippen LogP contribution in [0.4, 0.5) is 21.6 Å². The molecular formula is C11H9ClFN3. The molecule has 0 saturated carbocycles. The van der Waals surface area contributed by atoms with Gasteiger partial charge in [-0.2, -0.15) is 0 Å². The lowest BCUT2D eigenvalue weighted by atomic mass is 10.3. The van der Waals surface area contributed by atoms with Gasteiger partial charge in [-0.3, -0.25) is 0 Å². The van der Waals surface area contributed by atoms with Gasteiger partial charge < -0.3 is 11.1 Å². The Balaban J connectivity index is 2.31. The Bertz CT molecular complexity index is 516. The van der Waals surface area contributed by atoms with Crippen LogP contribution in [0.2, 0.25) is 5.02 Å². The van der Waals surface area contributed by atoms with Gasteiger partial charge in [0.25, 0.3) is 0 Å². The fraction of sp³-hybridized carbons (Fsp3) is 0. The smallest absolute Gasteiger partial charge is 0.153 e. The minimum atomic E-state index is -0.362. The molecule has 2 rings (SSSR count). The molecule has 2 aromatic rings. The highest BCUT2D eigenvalue weighted by atomic mass is 35.5. The van der Waals surface area contributed by atoms with Crippen molar-refractivity contribution in [2.24, 2.45) is 0 Å². The van der Waals surface area contributed by atoms with Gasteiger partial charge in [-0.25, -0.2) is 9.37 Å². The van der Waals surface area contributed by atoms with E-state index in [4.69, 9.17) is 17.3 Å². The predicted molar refractivity (Wildman–Crippen MR) is 63.3 cm³/mol. The molecule has 3 N–H and O–H groups in total. The molecule has 5 heteroatoms. The normalized spacial score (nSPS) is 10.1. The lowest BCUT2D eigenvalue weighted by Crippen LogP contribution is -2.00. The number of nitrogens with two attached hydrogens (primary N) is 1. The number of aromatic nitrogens is 1. The lowest BCUT2D eigenvalue weighted by Gasteiger charge is -2.08. The first-order valence-corrected chi connectivity index (χ1v) is 4.97. The van der Waals surface area contributed by atoms with E-state index in [0.717, 1.165) is 0 Å². The van der Waals surface area contributed by atoms with Crippen molar-refractivity contribution in [2.45, 2.75) is 0 Å². The molecule has 0 fully saturated rings. The summed E-state index contributed by atoms with van der Waals surface area (Å²) in [7, 11) is 0. The number of hydrogen-bond donors (Lipinski definition) is 2. The maximum absolute atomic E-state index is 13.3. The molecule has 82 valence electrons. The summed E-state index contributed by atoms with van der Waals surface area (Å²) in [5, 5.41) is 3.24. The predicted octanol–water partition coefficient (Wildman–Crippen LogP) is 3.20. The van der Waals surface area contributed by atoms with Crippen molar-refractivity contribution >= 4 is 28.8 Å². The molecule has 0 radical (unpaired) electrons. The number of nitrogen functional groups attached to an aromatic ring is 1. The summed E-state index contributed by atoms with van der Waals surface area (Å²) in [6.45, 7) is 0. The molecule has 0 aliphatic rings.